The highest BCUT2D eigenvalue weighted by atomic mass is 32.2. The molecule has 1 fully saturated rings. The van der Waals surface area contributed by atoms with Crippen molar-refractivity contribution in [1.29, 1.82) is 0 Å². The van der Waals surface area contributed by atoms with Crippen molar-refractivity contribution in [2.75, 3.05) is 35.7 Å². The first-order valence-electron chi connectivity index (χ1n) is 6.31. The molecule has 1 aliphatic rings. The number of aromatic nitrogens is 1. The maximum Gasteiger partial charge on any atom is 0.265 e. The summed E-state index contributed by atoms with van der Waals surface area (Å²) in [6.45, 7) is 2.73. The zero-order valence-electron chi connectivity index (χ0n) is 11.4. The number of thiazole rings is 1. The second-order valence-corrected chi connectivity index (χ2v) is 8.00. The largest absolute Gasteiger partial charge is 0.382 e. The van der Waals surface area contributed by atoms with Gasteiger partial charge in [0.15, 0.2) is 15.0 Å². The van der Waals surface area contributed by atoms with Crippen LogP contribution >= 0.6 is 11.3 Å². The maximum atomic E-state index is 12.1. The van der Waals surface area contributed by atoms with E-state index in [1.807, 2.05) is 18.9 Å². The maximum absolute atomic E-state index is 12.1. The molecular formula is C11H18N4O3S2. The number of carbonyl (C=O) groups excluding carboxylic acids is 1. The summed E-state index contributed by atoms with van der Waals surface area (Å²) in [7, 11) is -1.15. The highest BCUT2D eigenvalue weighted by Crippen LogP contribution is 2.27. The van der Waals surface area contributed by atoms with Gasteiger partial charge in [-0.1, -0.05) is 11.3 Å². The number of amides is 1. The molecule has 0 radical (unpaired) electrons. The van der Waals surface area contributed by atoms with Crippen molar-refractivity contribution in [1.82, 2.24) is 10.3 Å². The Morgan fingerprint density at radius 2 is 2.30 bits per heavy atom. The van der Waals surface area contributed by atoms with E-state index in [4.69, 9.17) is 5.73 Å². The quantitative estimate of drug-likeness (QED) is 0.815. The predicted molar refractivity (Wildman–Crippen MR) is 80.0 cm³/mol. The molecule has 1 unspecified atom stereocenters. The Morgan fingerprint density at radius 3 is 2.85 bits per heavy atom. The Hall–Kier alpha value is -1.35. The van der Waals surface area contributed by atoms with Gasteiger partial charge in [0, 0.05) is 19.6 Å². The third-order valence-electron chi connectivity index (χ3n) is 3.22. The van der Waals surface area contributed by atoms with Crippen LogP contribution in [-0.4, -0.2) is 50.4 Å². The van der Waals surface area contributed by atoms with Gasteiger partial charge in [-0.2, -0.15) is 0 Å². The first-order chi connectivity index (χ1) is 9.32. The smallest absolute Gasteiger partial charge is 0.265 e. The van der Waals surface area contributed by atoms with Crippen LogP contribution in [0.2, 0.25) is 0 Å². The molecule has 112 valence electrons. The summed E-state index contributed by atoms with van der Waals surface area (Å²) in [6, 6.07) is -0.332. The normalized spacial score (nSPS) is 20.8. The van der Waals surface area contributed by atoms with Gasteiger partial charge >= 0.3 is 0 Å². The fraction of sp³-hybridized carbons (Fsp3) is 0.636. The van der Waals surface area contributed by atoms with Gasteiger partial charge in [0.2, 0.25) is 0 Å². The molecule has 0 saturated carbocycles. The fourth-order valence-corrected chi connectivity index (χ4v) is 4.53. The summed E-state index contributed by atoms with van der Waals surface area (Å²) in [6.07, 6.45) is 0.453. The van der Waals surface area contributed by atoms with Crippen LogP contribution in [0.4, 0.5) is 10.9 Å². The van der Waals surface area contributed by atoms with Gasteiger partial charge in [-0.15, -0.1) is 0 Å². The van der Waals surface area contributed by atoms with E-state index < -0.39 is 9.84 Å². The van der Waals surface area contributed by atoms with Crippen molar-refractivity contribution in [3.63, 3.8) is 0 Å². The number of nitrogens with two attached hydrogens (primary N) is 1. The number of hydrogen-bond acceptors (Lipinski definition) is 7. The molecule has 0 bridgehead atoms. The van der Waals surface area contributed by atoms with Gasteiger partial charge in [0.25, 0.3) is 5.91 Å². The second-order valence-electron chi connectivity index (χ2n) is 4.80. The number of nitrogens with one attached hydrogen (secondary N) is 1. The van der Waals surface area contributed by atoms with Crippen LogP contribution in [0, 0.1) is 0 Å². The Kier molecular flexibility index (Phi) is 4.19. The van der Waals surface area contributed by atoms with Gasteiger partial charge in [0.05, 0.1) is 11.5 Å². The first kappa shape index (κ1) is 15.0. The van der Waals surface area contributed by atoms with Gasteiger partial charge < -0.3 is 16.0 Å². The molecule has 2 heterocycles. The van der Waals surface area contributed by atoms with Gasteiger partial charge in [-0.3, -0.25) is 4.79 Å². The van der Waals surface area contributed by atoms with Gasteiger partial charge in [0.1, 0.15) is 10.7 Å². The summed E-state index contributed by atoms with van der Waals surface area (Å²) < 4.78 is 22.7. The third-order valence-corrected chi connectivity index (χ3v) is 6.17. The van der Waals surface area contributed by atoms with Crippen molar-refractivity contribution >= 4 is 38.0 Å². The minimum Gasteiger partial charge on any atom is -0.382 e. The molecule has 7 nitrogen and oxygen atoms in total. The van der Waals surface area contributed by atoms with Gasteiger partial charge in [-0.05, 0) is 13.3 Å². The Balaban J connectivity index is 2.08. The molecule has 2 rings (SSSR count). The lowest BCUT2D eigenvalue weighted by Gasteiger charge is -2.11. The number of rotatable bonds is 4. The summed E-state index contributed by atoms with van der Waals surface area (Å²) in [5.41, 5.74) is 5.76. The number of hydrogen-bond donors (Lipinski definition) is 2. The summed E-state index contributed by atoms with van der Waals surface area (Å²) in [5.74, 6) is -0.0412. The Labute approximate surface area is 122 Å². The number of nitrogen functional groups attached to an aromatic ring is 1. The van der Waals surface area contributed by atoms with E-state index in [-0.39, 0.29) is 29.3 Å². The third kappa shape index (κ3) is 3.21. The molecule has 1 amide bonds. The van der Waals surface area contributed by atoms with E-state index in [0.29, 0.717) is 16.4 Å². The van der Waals surface area contributed by atoms with Crippen molar-refractivity contribution in [3.8, 4) is 0 Å². The van der Waals surface area contributed by atoms with E-state index in [1.54, 1.807) is 0 Å². The van der Waals surface area contributed by atoms with Crippen molar-refractivity contribution < 1.29 is 13.2 Å². The van der Waals surface area contributed by atoms with E-state index >= 15 is 0 Å². The van der Waals surface area contributed by atoms with Crippen molar-refractivity contribution in [2.45, 2.75) is 19.4 Å². The van der Waals surface area contributed by atoms with E-state index in [0.717, 1.165) is 6.54 Å². The van der Waals surface area contributed by atoms with Gasteiger partial charge in [-0.25, -0.2) is 13.4 Å². The van der Waals surface area contributed by atoms with E-state index in [2.05, 4.69) is 10.3 Å². The molecule has 1 atom stereocenters. The van der Waals surface area contributed by atoms with Crippen LogP contribution in [-0.2, 0) is 9.84 Å². The molecular weight excluding hydrogens is 300 g/mol. The summed E-state index contributed by atoms with van der Waals surface area (Å²) >= 11 is 1.21. The SMILES string of the molecule is CCN(C)c1nc(N)c(C(=O)NC2CCS(=O)(=O)C2)s1. The number of sulfone groups is 1. The lowest BCUT2D eigenvalue weighted by atomic mass is 10.2. The highest BCUT2D eigenvalue weighted by molar-refractivity contribution is 7.91. The summed E-state index contributed by atoms with van der Waals surface area (Å²) in [5, 5.41) is 3.39. The van der Waals surface area contributed by atoms with E-state index in [1.165, 1.54) is 11.3 Å². The zero-order chi connectivity index (χ0) is 14.9. The van der Waals surface area contributed by atoms with Crippen molar-refractivity contribution in [3.05, 3.63) is 4.88 Å². The van der Waals surface area contributed by atoms with Crippen LogP contribution in [0.1, 0.15) is 23.0 Å². The van der Waals surface area contributed by atoms with Crippen LogP contribution in [0.25, 0.3) is 0 Å². The minimum absolute atomic E-state index is 0.000825. The molecule has 9 heteroatoms. The zero-order valence-corrected chi connectivity index (χ0v) is 13.1. The highest BCUT2D eigenvalue weighted by Gasteiger charge is 2.30. The predicted octanol–water partition coefficient (Wildman–Crippen LogP) is 0.0983. The first-order valence-corrected chi connectivity index (χ1v) is 8.95. The topological polar surface area (TPSA) is 105 Å². The molecule has 1 aromatic rings. The molecule has 1 aliphatic heterocycles. The lowest BCUT2D eigenvalue weighted by molar-refractivity contribution is 0.0946. The van der Waals surface area contributed by atoms with Crippen molar-refractivity contribution in [2.24, 2.45) is 0 Å². The Bertz CT molecular complexity index is 611. The number of nitrogens with zero attached hydrogens (tertiary/aromatic N) is 2. The minimum atomic E-state index is -3.01. The molecule has 20 heavy (non-hydrogen) atoms. The fourth-order valence-electron chi connectivity index (χ4n) is 1.94. The second kappa shape index (κ2) is 5.57. The molecule has 1 aromatic heterocycles. The molecule has 3 N–H and O–H groups in total. The molecule has 0 aromatic carbocycles. The molecule has 0 aliphatic carbocycles. The molecule has 1 saturated heterocycles. The lowest BCUT2D eigenvalue weighted by Crippen LogP contribution is -2.35. The standard InChI is InChI=1S/C11H18N4O3S2/c1-3-15(2)11-14-9(12)8(19-11)10(16)13-7-4-5-20(17,18)6-7/h7H,3-6,12H2,1-2H3,(H,13,16). The number of carbonyl (C=O) groups is 1. The monoisotopic (exact) mass is 318 g/mol. The number of anilines is 2. The molecule has 0 spiro atoms. The average molecular weight is 318 g/mol. The average Bonchev–Trinajstić information content (AvgIpc) is 2.91. The van der Waals surface area contributed by atoms with Crippen LogP contribution in [0.15, 0.2) is 0 Å². The summed E-state index contributed by atoms with van der Waals surface area (Å²) in [4.78, 5) is 18.5. The van der Waals surface area contributed by atoms with Crippen LogP contribution in [0.5, 0.6) is 0 Å². The van der Waals surface area contributed by atoms with E-state index in [9.17, 15) is 13.2 Å². The van der Waals surface area contributed by atoms with Crippen LogP contribution < -0.4 is 16.0 Å². The Morgan fingerprint density at radius 1 is 1.60 bits per heavy atom. The van der Waals surface area contributed by atoms with Crippen LogP contribution in [0.3, 0.4) is 0 Å².